The van der Waals surface area contributed by atoms with Gasteiger partial charge in [0.25, 0.3) is 0 Å². The van der Waals surface area contributed by atoms with E-state index in [1.54, 1.807) is 0 Å². The number of ether oxygens (including phenoxy) is 2. The summed E-state index contributed by atoms with van der Waals surface area (Å²) in [5.74, 6) is 1.52. The predicted molar refractivity (Wildman–Crippen MR) is 55.0 cm³/mol. The maximum atomic E-state index is 10.3. The number of rotatable bonds is 3. The van der Waals surface area contributed by atoms with Gasteiger partial charge in [-0.3, -0.25) is 4.79 Å². The van der Waals surface area contributed by atoms with Gasteiger partial charge in [0.1, 0.15) is 13.2 Å². The lowest BCUT2D eigenvalue weighted by atomic mass is 10.1. The van der Waals surface area contributed by atoms with Gasteiger partial charge in [-0.1, -0.05) is 6.07 Å². The third-order valence-electron chi connectivity index (χ3n) is 2.38. The number of benzene rings is 1. The second-order valence-corrected chi connectivity index (χ2v) is 3.41. The minimum Gasteiger partial charge on any atom is -0.486 e. The average molecular weight is 207 g/mol. The van der Waals surface area contributed by atoms with Gasteiger partial charge in [0.2, 0.25) is 6.41 Å². The van der Waals surface area contributed by atoms with Crippen molar-refractivity contribution < 1.29 is 14.3 Å². The topological polar surface area (TPSA) is 47.6 Å². The van der Waals surface area contributed by atoms with Gasteiger partial charge >= 0.3 is 0 Å². The van der Waals surface area contributed by atoms with Crippen LogP contribution in [0, 0.1) is 0 Å². The Hall–Kier alpha value is -1.71. The molecule has 0 unspecified atom stereocenters. The molecule has 1 N–H and O–H groups in total. The predicted octanol–water partition coefficient (Wildman–Crippen LogP) is 1.26. The summed E-state index contributed by atoms with van der Waals surface area (Å²) in [6.45, 7) is 3.08. The van der Waals surface area contributed by atoms with E-state index in [1.165, 1.54) is 0 Å². The third kappa shape index (κ3) is 2.03. The summed E-state index contributed by atoms with van der Waals surface area (Å²) in [5.41, 5.74) is 1.01. The van der Waals surface area contributed by atoms with Gasteiger partial charge in [0.15, 0.2) is 11.5 Å². The molecule has 0 spiro atoms. The first-order valence-corrected chi connectivity index (χ1v) is 4.90. The van der Waals surface area contributed by atoms with E-state index in [2.05, 4.69) is 5.32 Å². The van der Waals surface area contributed by atoms with Crippen LogP contribution in [0.25, 0.3) is 0 Å². The Kier molecular flexibility index (Phi) is 2.76. The molecule has 1 aliphatic rings. The minimum absolute atomic E-state index is 0.0154. The Balaban J connectivity index is 2.23. The lowest BCUT2D eigenvalue weighted by molar-refractivity contribution is -0.110. The standard InChI is InChI=1S/C11H13NO3/c1-8(12-7-13)9-2-3-10-11(6-9)15-5-4-14-10/h2-3,6-8H,4-5H2,1H3,(H,12,13)/t8-/m1/s1. The molecule has 2 rings (SSSR count). The fraction of sp³-hybridized carbons (Fsp3) is 0.364. The van der Waals surface area contributed by atoms with Crippen molar-refractivity contribution in [3.8, 4) is 11.5 Å². The maximum Gasteiger partial charge on any atom is 0.207 e. The summed E-state index contributed by atoms with van der Waals surface area (Å²) in [4.78, 5) is 10.3. The van der Waals surface area contributed by atoms with Crippen molar-refractivity contribution in [2.75, 3.05) is 13.2 Å². The number of carbonyl (C=O) groups excluding carboxylic acids is 1. The van der Waals surface area contributed by atoms with Gasteiger partial charge in [-0.25, -0.2) is 0 Å². The molecule has 0 saturated heterocycles. The van der Waals surface area contributed by atoms with E-state index in [0.717, 1.165) is 17.1 Å². The van der Waals surface area contributed by atoms with Gasteiger partial charge in [-0.05, 0) is 24.6 Å². The highest BCUT2D eigenvalue weighted by Crippen LogP contribution is 2.32. The van der Waals surface area contributed by atoms with Crippen LogP contribution >= 0.6 is 0 Å². The molecule has 0 radical (unpaired) electrons. The molecule has 1 aromatic carbocycles. The Labute approximate surface area is 88.2 Å². The number of hydrogen-bond donors (Lipinski definition) is 1. The second kappa shape index (κ2) is 4.21. The lowest BCUT2D eigenvalue weighted by Gasteiger charge is -2.20. The number of hydrogen-bond acceptors (Lipinski definition) is 3. The molecule has 1 amide bonds. The molecule has 4 nitrogen and oxygen atoms in total. The monoisotopic (exact) mass is 207 g/mol. The van der Waals surface area contributed by atoms with Crippen LogP contribution in [-0.2, 0) is 4.79 Å². The summed E-state index contributed by atoms with van der Waals surface area (Å²) < 4.78 is 10.9. The van der Waals surface area contributed by atoms with Crippen LogP contribution < -0.4 is 14.8 Å². The van der Waals surface area contributed by atoms with E-state index >= 15 is 0 Å². The Bertz CT molecular complexity index is 365. The zero-order valence-corrected chi connectivity index (χ0v) is 8.53. The van der Waals surface area contributed by atoms with E-state index in [4.69, 9.17) is 9.47 Å². The minimum atomic E-state index is -0.0154. The highest BCUT2D eigenvalue weighted by atomic mass is 16.6. The molecule has 1 atom stereocenters. The summed E-state index contributed by atoms with van der Waals surface area (Å²) in [5, 5.41) is 2.69. The SMILES string of the molecule is C[C@@H](NC=O)c1ccc2c(c1)OCCO2. The highest BCUT2D eigenvalue weighted by molar-refractivity contribution is 5.49. The molecule has 80 valence electrons. The first-order valence-electron chi connectivity index (χ1n) is 4.90. The quantitative estimate of drug-likeness (QED) is 0.759. The van der Waals surface area contributed by atoms with Crippen LogP contribution in [0.5, 0.6) is 11.5 Å². The van der Waals surface area contributed by atoms with Crippen LogP contribution in [0.2, 0.25) is 0 Å². The molecule has 0 fully saturated rings. The number of carbonyl (C=O) groups is 1. The van der Waals surface area contributed by atoms with Crippen molar-refractivity contribution in [3.63, 3.8) is 0 Å². The fourth-order valence-electron chi connectivity index (χ4n) is 1.53. The van der Waals surface area contributed by atoms with Crippen LogP contribution in [0.15, 0.2) is 18.2 Å². The van der Waals surface area contributed by atoms with Gasteiger partial charge in [0, 0.05) is 0 Å². The Morgan fingerprint density at radius 2 is 2.07 bits per heavy atom. The number of fused-ring (bicyclic) bond motifs is 1. The molecule has 1 aliphatic heterocycles. The average Bonchev–Trinajstić information content (AvgIpc) is 2.29. The summed E-state index contributed by atoms with van der Waals surface area (Å²) in [6, 6.07) is 5.68. The number of amides is 1. The molecule has 0 bridgehead atoms. The van der Waals surface area contributed by atoms with Crippen LogP contribution in [0.4, 0.5) is 0 Å². The molecule has 1 aromatic rings. The first-order chi connectivity index (χ1) is 7.31. The smallest absolute Gasteiger partial charge is 0.207 e. The van der Waals surface area contributed by atoms with E-state index < -0.39 is 0 Å². The second-order valence-electron chi connectivity index (χ2n) is 3.41. The third-order valence-corrected chi connectivity index (χ3v) is 2.38. The molecule has 0 aliphatic carbocycles. The van der Waals surface area contributed by atoms with Gasteiger partial charge in [-0.15, -0.1) is 0 Å². The van der Waals surface area contributed by atoms with Crippen molar-refractivity contribution in [1.29, 1.82) is 0 Å². The van der Waals surface area contributed by atoms with Crippen molar-refractivity contribution in [1.82, 2.24) is 5.32 Å². The first kappa shape index (κ1) is 9.83. The molecular formula is C11H13NO3. The van der Waals surface area contributed by atoms with Gasteiger partial charge < -0.3 is 14.8 Å². The molecule has 1 heterocycles. The van der Waals surface area contributed by atoms with Crippen LogP contribution in [-0.4, -0.2) is 19.6 Å². The summed E-state index contributed by atoms with van der Waals surface area (Å²) >= 11 is 0. The van der Waals surface area contributed by atoms with Crippen LogP contribution in [0.3, 0.4) is 0 Å². The fourth-order valence-corrected chi connectivity index (χ4v) is 1.53. The zero-order chi connectivity index (χ0) is 10.7. The van der Waals surface area contributed by atoms with E-state index in [-0.39, 0.29) is 6.04 Å². The van der Waals surface area contributed by atoms with Crippen molar-refractivity contribution >= 4 is 6.41 Å². The van der Waals surface area contributed by atoms with Crippen molar-refractivity contribution in [2.24, 2.45) is 0 Å². The molecular weight excluding hydrogens is 194 g/mol. The van der Waals surface area contributed by atoms with E-state index in [9.17, 15) is 4.79 Å². The Morgan fingerprint density at radius 1 is 1.33 bits per heavy atom. The van der Waals surface area contributed by atoms with Crippen LogP contribution in [0.1, 0.15) is 18.5 Å². The van der Waals surface area contributed by atoms with Crippen molar-refractivity contribution in [3.05, 3.63) is 23.8 Å². The molecule has 0 saturated carbocycles. The number of nitrogens with one attached hydrogen (secondary N) is 1. The zero-order valence-electron chi connectivity index (χ0n) is 8.53. The molecule has 4 heteroatoms. The maximum absolute atomic E-state index is 10.3. The molecule has 0 aromatic heterocycles. The van der Waals surface area contributed by atoms with Gasteiger partial charge in [-0.2, -0.15) is 0 Å². The Morgan fingerprint density at radius 3 is 2.80 bits per heavy atom. The normalized spacial score (nSPS) is 15.5. The van der Waals surface area contributed by atoms with Gasteiger partial charge in [0.05, 0.1) is 6.04 Å². The van der Waals surface area contributed by atoms with E-state index in [1.807, 2.05) is 25.1 Å². The highest BCUT2D eigenvalue weighted by Gasteiger charge is 2.13. The lowest BCUT2D eigenvalue weighted by Crippen LogP contribution is -2.18. The van der Waals surface area contributed by atoms with E-state index in [0.29, 0.717) is 19.6 Å². The molecule has 15 heavy (non-hydrogen) atoms. The summed E-state index contributed by atoms with van der Waals surface area (Å²) in [6.07, 6.45) is 0.696. The van der Waals surface area contributed by atoms with Crippen molar-refractivity contribution in [2.45, 2.75) is 13.0 Å². The summed E-state index contributed by atoms with van der Waals surface area (Å²) in [7, 11) is 0. The largest absolute Gasteiger partial charge is 0.486 e.